The van der Waals surface area contributed by atoms with Crippen LogP contribution < -0.4 is 0 Å². The van der Waals surface area contributed by atoms with Crippen molar-refractivity contribution in [1.29, 1.82) is 0 Å². The molecule has 3 heteroatoms. The Kier molecular flexibility index (Phi) is 3.01. The van der Waals surface area contributed by atoms with Gasteiger partial charge in [-0.25, -0.2) is 4.98 Å². The van der Waals surface area contributed by atoms with Gasteiger partial charge in [0.15, 0.2) is 5.82 Å². The van der Waals surface area contributed by atoms with E-state index in [4.69, 9.17) is 0 Å². The second kappa shape index (κ2) is 4.32. The van der Waals surface area contributed by atoms with Crippen LogP contribution in [0, 0.1) is 20.8 Å². The van der Waals surface area contributed by atoms with Gasteiger partial charge in [-0.2, -0.15) is 5.10 Å². The Balaban J connectivity index is 2.52. The number of benzene rings is 1. The molecule has 17 heavy (non-hydrogen) atoms. The summed E-state index contributed by atoms with van der Waals surface area (Å²) in [7, 11) is 0. The number of aryl methyl sites for hydroxylation is 3. The highest BCUT2D eigenvalue weighted by molar-refractivity contribution is 5.65. The van der Waals surface area contributed by atoms with Gasteiger partial charge in [0, 0.05) is 11.5 Å². The lowest BCUT2D eigenvalue weighted by Gasteiger charge is -2.07. The summed E-state index contributed by atoms with van der Waals surface area (Å²) in [6.07, 6.45) is 0. The molecule has 0 amide bonds. The van der Waals surface area contributed by atoms with Gasteiger partial charge >= 0.3 is 0 Å². The molecule has 1 aromatic heterocycles. The van der Waals surface area contributed by atoms with E-state index in [1.54, 1.807) is 0 Å². The third-order valence-corrected chi connectivity index (χ3v) is 2.95. The fourth-order valence-electron chi connectivity index (χ4n) is 2.18. The van der Waals surface area contributed by atoms with Crippen LogP contribution in [-0.4, -0.2) is 15.2 Å². The van der Waals surface area contributed by atoms with Crippen LogP contribution in [0.2, 0.25) is 0 Å². The van der Waals surface area contributed by atoms with E-state index in [2.05, 4.69) is 61.9 Å². The molecule has 2 aromatic rings. The topological polar surface area (TPSA) is 41.6 Å². The maximum absolute atomic E-state index is 4.56. The van der Waals surface area contributed by atoms with Gasteiger partial charge in [0.1, 0.15) is 5.82 Å². The van der Waals surface area contributed by atoms with Gasteiger partial charge in [-0.15, -0.1) is 0 Å². The number of aromatic nitrogens is 3. The quantitative estimate of drug-likeness (QED) is 0.856. The minimum atomic E-state index is 0.377. The van der Waals surface area contributed by atoms with Crippen molar-refractivity contribution in [1.82, 2.24) is 15.2 Å². The van der Waals surface area contributed by atoms with E-state index in [-0.39, 0.29) is 0 Å². The van der Waals surface area contributed by atoms with Crippen LogP contribution >= 0.6 is 0 Å². The van der Waals surface area contributed by atoms with Crippen molar-refractivity contribution < 1.29 is 0 Å². The molecule has 1 heterocycles. The highest BCUT2D eigenvalue weighted by Crippen LogP contribution is 2.26. The Hall–Kier alpha value is -1.64. The van der Waals surface area contributed by atoms with Crippen LogP contribution in [0.5, 0.6) is 0 Å². The van der Waals surface area contributed by atoms with Crippen molar-refractivity contribution in [3.8, 4) is 11.4 Å². The predicted molar refractivity (Wildman–Crippen MR) is 70.1 cm³/mol. The number of H-pyrrole nitrogens is 1. The van der Waals surface area contributed by atoms with Gasteiger partial charge in [-0.1, -0.05) is 31.5 Å². The zero-order chi connectivity index (χ0) is 12.6. The molecule has 3 nitrogen and oxygen atoms in total. The molecule has 0 aliphatic heterocycles. The van der Waals surface area contributed by atoms with E-state index in [9.17, 15) is 0 Å². The Morgan fingerprint density at radius 1 is 1.06 bits per heavy atom. The summed E-state index contributed by atoms with van der Waals surface area (Å²) in [5.41, 5.74) is 4.90. The largest absolute Gasteiger partial charge is 0.262 e. The van der Waals surface area contributed by atoms with Crippen molar-refractivity contribution in [2.75, 3.05) is 0 Å². The van der Waals surface area contributed by atoms with Gasteiger partial charge in [0.25, 0.3) is 0 Å². The highest BCUT2D eigenvalue weighted by Gasteiger charge is 2.13. The number of nitrogens with one attached hydrogen (secondary N) is 1. The molecular weight excluding hydrogens is 210 g/mol. The summed E-state index contributed by atoms with van der Waals surface area (Å²) in [4.78, 5) is 4.56. The highest BCUT2D eigenvalue weighted by atomic mass is 15.2. The van der Waals surface area contributed by atoms with Gasteiger partial charge < -0.3 is 0 Å². The van der Waals surface area contributed by atoms with Crippen molar-refractivity contribution in [3.63, 3.8) is 0 Å². The number of aromatic amines is 1. The molecule has 0 bridgehead atoms. The van der Waals surface area contributed by atoms with Gasteiger partial charge in [0.2, 0.25) is 0 Å². The zero-order valence-corrected chi connectivity index (χ0v) is 11.1. The predicted octanol–water partition coefficient (Wildman–Crippen LogP) is 3.52. The summed E-state index contributed by atoms with van der Waals surface area (Å²) >= 11 is 0. The Bertz CT molecular complexity index is 515. The third-order valence-electron chi connectivity index (χ3n) is 2.95. The van der Waals surface area contributed by atoms with Crippen molar-refractivity contribution in [2.45, 2.75) is 40.5 Å². The lowest BCUT2D eigenvalue weighted by atomic mass is 9.99. The maximum Gasteiger partial charge on any atom is 0.181 e. The summed E-state index contributed by atoms with van der Waals surface area (Å²) in [6, 6.07) is 4.35. The van der Waals surface area contributed by atoms with E-state index < -0.39 is 0 Å². The van der Waals surface area contributed by atoms with Crippen LogP contribution in [0.3, 0.4) is 0 Å². The molecule has 0 aliphatic carbocycles. The molecule has 0 saturated carbocycles. The van der Waals surface area contributed by atoms with E-state index in [1.807, 2.05) is 0 Å². The van der Waals surface area contributed by atoms with E-state index >= 15 is 0 Å². The molecule has 0 unspecified atom stereocenters. The first-order chi connectivity index (χ1) is 7.99. The van der Waals surface area contributed by atoms with E-state index in [0.717, 1.165) is 17.2 Å². The number of hydrogen-bond donors (Lipinski definition) is 1. The number of rotatable bonds is 2. The molecule has 0 fully saturated rings. The first kappa shape index (κ1) is 11.8. The first-order valence-electron chi connectivity index (χ1n) is 5.99. The molecule has 1 N–H and O–H groups in total. The first-order valence-corrected chi connectivity index (χ1v) is 5.99. The monoisotopic (exact) mass is 229 g/mol. The van der Waals surface area contributed by atoms with Crippen LogP contribution in [0.1, 0.15) is 42.3 Å². The second-order valence-corrected chi connectivity index (χ2v) is 4.97. The van der Waals surface area contributed by atoms with E-state index in [1.165, 1.54) is 16.7 Å². The fourth-order valence-corrected chi connectivity index (χ4v) is 2.18. The maximum atomic E-state index is 4.56. The Morgan fingerprint density at radius 3 is 2.12 bits per heavy atom. The SMILES string of the molecule is Cc1cc(C)c(-c2n[nH]c(C(C)C)n2)c(C)c1. The molecule has 2 rings (SSSR count). The summed E-state index contributed by atoms with van der Waals surface area (Å²) in [6.45, 7) is 10.6. The normalized spacial score (nSPS) is 11.2. The van der Waals surface area contributed by atoms with Gasteiger partial charge in [0.05, 0.1) is 0 Å². The average molecular weight is 229 g/mol. The molecule has 1 aromatic carbocycles. The second-order valence-electron chi connectivity index (χ2n) is 4.97. The molecule has 0 spiro atoms. The lowest BCUT2D eigenvalue weighted by Crippen LogP contribution is -1.93. The van der Waals surface area contributed by atoms with Crippen LogP contribution in [0.25, 0.3) is 11.4 Å². The molecule has 0 atom stereocenters. The van der Waals surface area contributed by atoms with Crippen molar-refractivity contribution >= 4 is 0 Å². The van der Waals surface area contributed by atoms with Gasteiger partial charge in [-0.3, -0.25) is 5.10 Å². The smallest absolute Gasteiger partial charge is 0.181 e. The minimum absolute atomic E-state index is 0.377. The van der Waals surface area contributed by atoms with Crippen LogP contribution in [0.4, 0.5) is 0 Å². The zero-order valence-electron chi connectivity index (χ0n) is 11.1. The molecule has 0 radical (unpaired) electrons. The lowest BCUT2D eigenvalue weighted by molar-refractivity contribution is 0.781. The Labute approximate surface area is 102 Å². The summed E-state index contributed by atoms with van der Waals surface area (Å²) < 4.78 is 0. The molecule has 0 saturated heterocycles. The van der Waals surface area contributed by atoms with Crippen LogP contribution in [0.15, 0.2) is 12.1 Å². The summed E-state index contributed by atoms with van der Waals surface area (Å²) in [5.74, 6) is 2.13. The van der Waals surface area contributed by atoms with Gasteiger partial charge in [-0.05, 0) is 31.9 Å². The fraction of sp³-hybridized carbons (Fsp3) is 0.429. The number of hydrogen-bond acceptors (Lipinski definition) is 2. The standard InChI is InChI=1S/C14H19N3/c1-8(2)13-15-14(17-16-13)12-10(4)6-9(3)7-11(12)5/h6-8H,1-5H3,(H,15,16,17). The number of nitrogens with zero attached hydrogens (tertiary/aromatic N) is 2. The van der Waals surface area contributed by atoms with Crippen molar-refractivity contribution in [2.24, 2.45) is 0 Å². The third kappa shape index (κ3) is 2.23. The average Bonchev–Trinajstić information content (AvgIpc) is 2.65. The summed E-state index contributed by atoms with van der Waals surface area (Å²) in [5, 5.41) is 7.33. The van der Waals surface area contributed by atoms with Crippen molar-refractivity contribution in [3.05, 3.63) is 34.6 Å². The van der Waals surface area contributed by atoms with Crippen LogP contribution in [-0.2, 0) is 0 Å². The van der Waals surface area contributed by atoms with E-state index in [0.29, 0.717) is 5.92 Å². The Morgan fingerprint density at radius 2 is 1.65 bits per heavy atom. The molecular formula is C14H19N3. The molecule has 0 aliphatic rings. The minimum Gasteiger partial charge on any atom is -0.262 e. The molecule has 90 valence electrons.